The monoisotopic (exact) mass is 357 g/mol. The molecule has 0 aliphatic carbocycles. The lowest BCUT2D eigenvalue weighted by atomic mass is 10.1. The maximum absolute atomic E-state index is 13.4. The van der Waals surface area contributed by atoms with Crippen molar-refractivity contribution in [3.05, 3.63) is 50.4 Å². The first-order chi connectivity index (χ1) is 9.65. The minimum atomic E-state index is -0.244. The van der Waals surface area contributed by atoms with Gasteiger partial charge in [0, 0.05) is 10.3 Å². The normalized spacial score (nSPS) is 12.4. The van der Waals surface area contributed by atoms with Crippen LogP contribution in [0.15, 0.2) is 34.1 Å². The Hall–Kier alpha value is -0.910. The molecule has 0 spiro atoms. The molecule has 1 atom stereocenters. The molecule has 1 unspecified atom stereocenters. The van der Waals surface area contributed by atoms with Gasteiger partial charge in [0.2, 0.25) is 0 Å². The highest BCUT2D eigenvalue weighted by Crippen LogP contribution is 2.32. The number of nitrogens with one attached hydrogen (secondary N) is 1. The average molecular weight is 358 g/mol. The first-order valence-electron chi connectivity index (χ1n) is 6.46. The van der Waals surface area contributed by atoms with Crippen molar-refractivity contribution < 1.29 is 9.13 Å². The molecule has 0 amide bonds. The third kappa shape index (κ3) is 3.59. The third-order valence-corrected chi connectivity index (χ3v) is 4.57. The van der Waals surface area contributed by atoms with Crippen molar-refractivity contribution in [1.82, 2.24) is 5.32 Å². The number of hydrogen-bond donors (Lipinski definition) is 1. The van der Waals surface area contributed by atoms with Gasteiger partial charge in [-0.3, -0.25) is 0 Å². The van der Waals surface area contributed by atoms with Crippen molar-refractivity contribution in [2.24, 2.45) is 0 Å². The van der Waals surface area contributed by atoms with Gasteiger partial charge in [0.1, 0.15) is 11.6 Å². The molecule has 1 heterocycles. The van der Waals surface area contributed by atoms with E-state index in [9.17, 15) is 4.39 Å². The first-order valence-corrected chi connectivity index (χ1v) is 8.13. The van der Waals surface area contributed by atoms with Gasteiger partial charge < -0.3 is 10.1 Å². The van der Waals surface area contributed by atoms with Gasteiger partial charge in [-0.2, -0.15) is 0 Å². The maximum Gasteiger partial charge on any atom is 0.137 e. The van der Waals surface area contributed by atoms with Crippen molar-refractivity contribution in [3.63, 3.8) is 0 Å². The molecule has 0 fully saturated rings. The summed E-state index contributed by atoms with van der Waals surface area (Å²) in [5.41, 5.74) is 1.04. The Morgan fingerprint density at radius 1 is 1.40 bits per heavy atom. The number of halogens is 2. The Labute approximate surface area is 131 Å². The summed E-state index contributed by atoms with van der Waals surface area (Å²) >= 11 is 4.89. The predicted octanol–water partition coefficient (Wildman–Crippen LogP) is 4.75. The summed E-state index contributed by atoms with van der Waals surface area (Å²) in [6, 6.07) is 7.22. The van der Waals surface area contributed by atoms with Crippen LogP contribution in [0.3, 0.4) is 0 Å². The van der Waals surface area contributed by atoms with Gasteiger partial charge in [0.25, 0.3) is 0 Å². The van der Waals surface area contributed by atoms with E-state index in [0.29, 0.717) is 4.47 Å². The van der Waals surface area contributed by atoms with Crippen LogP contribution in [0.1, 0.15) is 29.8 Å². The number of ether oxygens (including phenoxy) is 1. The highest BCUT2D eigenvalue weighted by atomic mass is 79.9. The van der Waals surface area contributed by atoms with Crippen LogP contribution in [0, 0.1) is 5.82 Å². The molecule has 0 aliphatic heterocycles. The molecule has 0 bridgehead atoms. The fraction of sp³-hybridized carbons (Fsp3) is 0.333. The fourth-order valence-electron chi connectivity index (χ4n) is 1.96. The highest BCUT2D eigenvalue weighted by Gasteiger charge is 2.17. The highest BCUT2D eigenvalue weighted by molar-refractivity contribution is 9.10. The molecule has 1 aromatic heterocycles. The Morgan fingerprint density at radius 3 is 2.80 bits per heavy atom. The first kappa shape index (κ1) is 15.5. The van der Waals surface area contributed by atoms with Crippen LogP contribution >= 0.6 is 27.3 Å². The van der Waals surface area contributed by atoms with E-state index in [1.54, 1.807) is 18.4 Å². The van der Waals surface area contributed by atoms with E-state index in [0.717, 1.165) is 29.2 Å². The summed E-state index contributed by atoms with van der Waals surface area (Å²) < 4.78 is 19.1. The molecule has 1 aromatic carbocycles. The minimum absolute atomic E-state index is 0.0562. The number of methoxy groups -OCH3 is 1. The molecule has 0 saturated carbocycles. The smallest absolute Gasteiger partial charge is 0.137 e. The second-order valence-electron chi connectivity index (χ2n) is 4.45. The van der Waals surface area contributed by atoms with Crippen LogP contribution in [0.2, 0.25) is 0 Å². The van der Waals surface area contributed by atoms with Crippen LogP contribution in [-0.2, 0) is 0 Å². The molecule has 0 radical (unpaired) electrons. The SMILES string of the molecule is CCCNC(c1ccc(F)c(Br)c1)c1cc(OC)cs1. The van der Waals surface area contributed by atoms with Crippen LogP contribution < -0.4 is 10.1 Å². The van der Waals surface area contributed by atoms with Crippen LogP contribution in [0.25, 0.3) is 0 Å². The van der Waals surface area contributed by atoms with E-state index in [1.807, 2.05) is 23.6 Å². The molecule has 0 aliphatic rings. The lowest BCUT2D eigenvalue weighted by Crippen LogP contribution is -2.22. The molecule has 2 rings (SSSR count). The van der Waals surface area contributed by atoms with E-state index < -0.39 is 0 Å². The Kier molecular flexibility index (Phi) is 5.57. The Bertz CT molecular complexity index is 573. The standard InChI is InChI=1S/C15H17BrFNOS/c1-3-6-18-15(14-8-11(19-2)9-20-14)10-4-5-13(17)12(16)7-10/h4-5,7-9,15,18H,3,6H2,1-2H3. The minimum Gasteiger partial charge on any atom is -0.496 e. The fourth-order valence-corrected chi connectivity index (χ4v) is 3.31. The largest absolute Gasteiger partial charge is 0.496 e. The topological polar surface area (TPSA) is 21.3 Å². The summed E-state index contributed by atoms with van der Waals surface area (Å²) in [7, 11) is 1.66. The Balaban J connectivity index is 2.32. The van der Waals surface area contributed by atoms with Crippen molar-refractivity contribution >= 4 is 27.3 Å². The van der Waals surface area contributed by atoms with Crippen molar-refractivity contribution in [3.8, 4) is 5.75 Å². The molecule has 5 heteroatoms. The zero-order chi connectivity index (χ0) is 14.5. The van der Waals surface area contributed by atoms with E-state index in [-0.39, 0.29) is 11.9 Å². The van der Waals surface area contributed by atoms with Gasteiger partial charge in [-0.1, -0.05) is 13.0 Å². The van der Waals surface area contributed by atoms with Gasteiger partial charge in [0.05, 0.1) is 17.6 Å². The zero-order valence-electron chi connectivity index (χ0n) is 11.5. The van der Waals surface area contributed by atoms with E-state index in [4.69, 9.17) is 4.74 Å². The van der Waals surface area contributed by atoms with Gasteiger partial charge in [0.15, 0.2) is 0 Å². The van der Waals surface area contributed by atoms with E-state index in [1.165, 1.54) is 6.07 Å². The van der Waals surface area contributed by atoms with Crippen molar-refractivity contribution in [2.75, 3.05) is 13.7 Å². The maximum atomic E-state index is 13.4. The van der Waals surface area contributed by atoms with Crippen LogP contribution in [0.4, 0.5) is 4.39 Å². The Morgan fingerprint density at radius 2 is 2.20 bits per heavy atom. The third-order valence-electron chi connectivity index (χ3n) is 2.99. The molecule has 1 N–H and O–H groups in total. The second-order valence-corrected chi connectivity index (χ2v) is 6.25. The number of hydrogen-bond acceptors (Lipinski definition) is 3. The number of benzene rings is 1. The van der Waals surface area contributed by atoms with Gasteiger partial charge >= 0.3 is 0 Å². The summed E-state index contributed by atoms with van der Waals surface area (Å²) in [5.74, 6) is 0.612. The molecule has 0 saturated heterocycles. The van der Waals surface area contributed by atoms with Crippen LogP contribution in [-0.4, -0.2) is 13.7 Å². The molecule has 2 aromatic rings. The summed E-state index contributed by atoms with van der Waals surface area (Å²) in [6.45, 7) is 3.03. The molecule has 2 nitrogen and oxygen atoms in total. The molecule has 108 valence electrons. The molecular weight excluding hydrogens is 341 g/mol. The lowest BCUT2D eigenvalue weighted by molar-refractivity contribution is 0.416. The van der Waals surface area contributed by atoms with Crippen LogP contribution in [0.5, 0.6) is 5.75 Å². The summed E-state index contributed by atoms with van der Waals surface area (Å²) in [4.78, 5) is 1.16. The number of rotatable bonds is 6. The molecule has 20 heavy (non-hydrogen) atoms. The van der Waals surface area contributed by atoms with Gasteiger partial charge in [-0.15, -0.1) is 11.3 Å². The van der Waals surface area contributed by atoms with Crippen molar-refractivity contribution in [2.45, 2.75) is 19.4 Å². The van der Waals surface area contributed by atoms with E-state index in [2.05, 4.69) is 28.2 Å². The summed E-state index contributed by atoms with van der Waals surface area (Å²) in [5, 5.41) is 5.48. The molecular formula is C15H17BrFNOS. The zero-order valence-corrected chi connectivity index (χ0v) is 13.9. The predicted molar refractivity (Wildman–Crippen MR) is 85.1 cm³/mol. The second kappa shape index (κ2) is 7.20. The van der Waals surface area contributed by atoms with Gasteiger partial charge in [-0.05, 0) is 52.7 Å². The number of thiophene rings is 1. The summed E-state index contributed by atoms with van der Waals surface area (Å²) in [6.07, 6.45) is 1.04. The quantitative estimate of drug-likeness (QED) is 0.805. The average Bonchev–Trinajstić information content (AvgIpc) is 2.92. The van der Waals surface area contributed by atoms with Gasteiger partial charge in [-0.25, -0.2) is 4.39 Å². The van der Waals surface area contributed by atoms with E-state index >= 15 is 0 Å². The van der Waals surface area contributed by atoms with Crippen molar-refractivity contribution in [1.29, 1.82) is 0 Å². The lowest BCUT2D eigenvalue weighted by Gasteiger charge is -2.18.